The molecule has 2 N–H and O–H groups in total. The fourth-order valence-corrected chi connectivity index (χ4v) is 4.04. The van der Waals surface area contributed by atoms with Crippen molar-refractivity contribution in [1.82, 2.24) is 0 Å². The largest absolute Gasteiger partial charge is 0.504 e. The number of phenolic OH excluding ortho intramolecular Hbond substituents is 2. The number of phenols is 2. The predicted octanol–water partition coefficient (Wildman–Crippen LogP) is 3.74. The second-order valence-electron chi connectivity index (χ2n) is 6.05. The Bertz CT molecular complexity index is 675. The van der Waals surface area contributed by atoms with Gasteiger partial charge in [0.05, 0.1) is 0 Å². The monoisotopic (exact) mass is 266 g/mol. The smallest absolute Gasteiger partial charge is 0.157 e. The van der Waals surface area contributed by atoms with Crippen LogP contribution in [0.1, 0.15) is 41.0 Å². The number of fused-ring (bicyclic) bond motifs is 5. The fraction of sp³-hybridized carbons (Fsp3) is 0.333. The van der Waals surface area contributed by atoms with E-state index in [1.54, 1.807) is 12.1 Å². The minimum atomic E-state index is 0.00583. The van der Waals surface area contributed by atoms with Gasteiger partial charge in [0, 0.05) is 5.92 Å². The lowest BCUT2D eigenvalue weighted by molar-refractivity contribution is 0.356. The van der Waals surface area contributed by atoms with Crippen LogP contribution in [0.25, 0.3) is 0 Å². The van der Waals surface area contributed by atoms with Crippen LogP contribution in [0.15, 0.2) is 36.4 Å². The molecule has 0 bridgehead atoms. The molecule has 0 amide bonds. The number of benzene rings is 2. The lowest BCUT2D eigenvalue weighted by atomic mass is 9.66. The highest BCUT2D eigenvalue weighted by Gasteiger charge is 2.35. The maximum Gasteiger partial charge on any atom is 0.157 e. The first-order chi connectivity index (χ1) is 9.74. The maximum atomic E-state index is 9.86. The van der Waals surface area contributed by atoms with E-state index in [4.69, 9.17) is 0 Å². The first-order valence-corrected chi connectivity index (χ1v) is 7.36. The molecule has 0 spiro atoms. The highest BCUT2D eigenvalue weighted by Crippen LogP contribution is 2.49. The van der Waals surface area contributed by atoms with Gasteiger partial charge >= 0.3 is 0 Å². The summed E-state index contributed by atoms with van der Waals surface area (Å²) in [6, 6.07) is 12.2. The van der Waals surface area contributed by atoms with Crippen LogP contribution in [0.3, 0.4) is 0 Å². The summed E-state index contributed by atoms with van der Waals surface area (Å²) in [4.78, 5) is 0. The zero-order valence-corrected chi connectivity index (χ0v) is 11.3. The van der Waals surface area contributed by atoms with Crippen molar-refractivity contribution < 1.29 is 10.2 Å². The zero-order chi connectivity index (χ0) is 13.7. The second-order valence-corrected chi connectivity index (χ2v) is 6.05. The molecule has 0 aromatic heterocycles. The van der Waals surface area contributed by atoms with Crippen LogP contribution in [0, 0.1) is 5.92 Å². The Kier molecular flexibility index (Phi) is 2.53. The van der Waals surface area contributed by atoms with Gasteiger partial charge in [-0.3, -0.25) is 0 Å². The van der Waals surface area contributed by atoms with Crippen molar-refractivity contribution in [1.29, 1.82) is 0 Å². The summed E-state index contributed by atoms with van der Waals surface area (Å²) in [6.07, 6.45) is 4.57. The number of rotatable bonds is 0. The standard InChI is InChI=1S/C18H18O2/c19-16-9-13-8-7-12-6-5-11-3-1-2-4-14(11)18(12)15(13)10-17(16)20/h1-4,9-10,12,18-20H,5-8H2/t12-,18-/m1/s1. The van der Waals surface area contributed by atoms with E-state index in [1.165, 1.54) is 35.1 Å². The molecule has 0 unspecified atom stereocenters. The lowest BCUT2D eigenvalue weighted by Crippen LogP contribution is -2.26. The van der Waals surface area contributed by atoms with E-state index in [1.807, 2.05) is 0 Å². The number of aryl methyl sites for hydroxylation is 2. The van der Waals surface area contributed by atoms with Crippen molar-refractivity contribution in [2.24, 2.45) is 5.92 Å². The minimum absolute atomic E-state index is 0.00583. The quantitative estimate of drug-likeness (QED) is 0.713. The summed E-state index contributed by atoms with van der Waals surface area (Å²) >= 11 is 0. The Balaban J connectivity index is 1.92. The Morgan fingerprint density at radius 1 is 0.800 bits per heavy atom. The van der Waals surface area contributed by atoms with Crippen LogP contribution >= 0.6 is 0 Å². The van der Waals surface area contributed by atoms with Gasteiger partial charge in [-0.25, -0.2) is 0 Å². The van der Waals surface area contributed by atoms with Gasteiger partial charge in [0.15, 0.2) is 11.5 Å². The normalized spacial score (nSPS) is 23.6. The van der Waals surface area contributed by atoms with Crippen LogP contribution in [0.5, 0.6) is 11.5 Å². The van der Waals surface area contributed by atoms with Gasteiger partial charge in [0.1, 0.15) is 0 Å². The Morgan fingerprint density at radius 2 is 1.50 bits per heavy atom. The van der Waals surface area contributed by atoms with Crippen molar-refractivity contribution in [3.63, 3.8) is 0 Å². The Hall–Kier alpha value is -1.96. The van der Waals surface area contributed by atoms with E-state index < -0.39 is 0 Å². The van der Waals surface area contributed by atoms with Crippen LogP contribution in [0.4, 0.5) is 0 Å². The van der Waals surface area contributed by atoms with E-state index >= 15 is 0 Å². The zero-order valence-electron chi connectivity index (χ0n) is 11.3. The third-order valence-electron chi connectivity index (χ3n) is 5.00. The SMILES string of the molecule is Oc1cc2c(cc1O)[C@H]1c3ccccc3CC[C@@H]1CC2. The van der Waals surface area contributed by atoms with E-state index in [-0.39, 0.29) is 11.5 Å². The van der Waals surface area contributed by atoms with Crippen molar-refractivity contribution >= 4 is 0 Å². The molecule has 0 saturated carbocycles. The third-order valence-corrected chi connectivity index (χ3v) is 5.00. The van der Waals surface area contributed by atoms with Crippen LogP contribution in [-0.4, -0.2) is 10.2 Å². The summed E-state index contributed by atoms with van der Waals surface area (Å²) in [7, 11) is 0. The summed E-state index contributed by atoms with van der Waals surface area (Å²) in [5.41, 5.74) is 5.26. The van der Waals surface area contributed by atoms with Gasteiger partial charge in [-0.15, -0.1) is 0 Å². The Labute approximate surface area is 118 Å². The van der Waals surface area contributed by atoms with Crippen molar-refractivity contribution in [3.05, 3.63) is 58.7 Å². The van der Waals surface area contributed by atoms with Crippen molar-refractivity contribution in [3.8, 4) is 11.5 Å². The molecule has 2 atom stereocenters. The molecular weight excluding hydrogens is 248 g/mol. The summed E-state index contributed by atoms with van der Waals surface area (Å²) in [5.74, 6) is 1.07. The van der Waals surface area contributed by atoms with E-state index in [9.17, 15) is 10.2 Å². The van der Waals surface area contributed by atoms with Gasteiger partial charge in [-0.2, -0.15) is 0 Å². The molecule has 2 aromatic carbocycles. The van der Waals surface area contributed by atoms with Gasteiger partial charge in [0.25, 0.3) is 0 Å². The molecule has 0 radical (unpaired) electrons. The van der Waals surface area contributed by atoms with Crippen molar-refractivity contribution in [2.45, 2.75) is 31.6 Å². The van der Waals surface area contributed by atoms with Gasteiger partial charge < -0.3 is 10.2 Å². The first kappa shape index (κ1) is 11.8. The molecule has 2 aliphatic rings. The Morgan fingerprint density at radius 3 is 2.35 bits per heavy atom. The highest BCUT2D eigenvalue weighted by molar-refractivity contribution is 5.52. The molecule has 20 heavy (non-hydrogen) atoms. The molecule has 2 aliphatic carbocycles. The predicted molar refractivity (Wildman–Crippen MR) is 78.2 cm³/mol. The highest BCUT2D eigenvalue weighted by atomic mass is 16.3. The van der Waals surface area contributed by atoms with E-state index in [0.717, 1.165) is 12.8 Å². The number of hydrogen-bond acceptors (Lipinski definition) is 2. The summed E-state index contributed by atoms with van der Waals surface area (Å²) in [5, 5.41) is 19.6. The molecule has 102 valence electrons. The van der Waals surface area contributed by atoms with Crippen LogP contribution in [-0.2, 0) is 12.8 Å². The van der Waals surface area contributed by atoms with Gasteiger partial charge in [-0.1, -0.05) is 24.3 Å². The second kappa shape index (κ2) is 4.27. The number of hydrogen-bond donors (Lipinski definition) is 2. The average Bonchev–Trinajstić information content (AvgIpc) is 2.48. The van der Waals surface area contributed by atoms with Gasteiger partial charge in [0.2, 0.25) is 0 Å². The lowest BCUT2D eigenvalue weighted by Gasteiger charge is -2.38. The van der Waals surface area contributed by atoms with Crippen LogP contribution in [0.2, 0.25) is 0 Å². The summed E-state index contributed by atoms with van der Waals surface area (Å²) in [6.45, 7) is 0. The molecule has 0 saturated heterocycles. The fourth-order valence-electron chi connectivity index (χ4n) is 4.04. The molecule has 2 aromatic rings. The van der Waals surface area contributed by atoms with E-state index in [0.29, 0.717) is 11.8 Å². The topological polar surface area (TPSA) is 40.5 Å². The average molecular weight is 266 g/mol. The minimum Gasteiger partial charge on any atom is -0.504 e. The molecule has 2 heteroatoms. The van der Waals surface area contributed by atoms with Gasteiger partial charge in [-0.05, 0) is 66.0 Å². The molecule has 0 fully saturated rings. The summed E-state index contributed by atoms with van der Waals surface area (Å²) < 4.78 is 0. The number of aromatic hydroxyl groups is 2. The molecule has 0 aliphatic heterocycles. The van der Waals surface area contributed by atoms with E-state index in [2.05, 4.69) is 24.3 Å². The third kappa shape index (κ3) is 1.64. The first-order valence-electron chi connectivity index (χ1n) is 7.36. The van der Waals surface area contributed by atoms with Crippen LogP contribution < -0.4 is 0 Å². The molecule has 4 rings (SSSR count). The van der Waals surface area contributed by atoms with Crippen molar-refractivity contribution in [2.75, 3.05) is 0 Å². The molecule has 0 heterocycles. The maximum absolute atomic E-state index is 9.86. The molecular formula is C18H18O2. The molecule has 2 nitrogen and oxygen atoms in total.